The van der Waals surface area contributed by atoms with Gasteiger partial charge in [0, 0.05) is 31.8 Å². The molecule has 0 saturated carbocycles. The molecule has 142 valence electrons. The Morgan fingerprint density at radius 1 is 1.00 bits per heavy atom. The average molecular weight is 368 g/mol. The number of ether oxygens (including phenoxy) is 1. The molecule has 1 N–H and O–H groups in total. The van der Waals surface area contributed by atoms with Crippen molar-refractivity contribution >= 4 is 17.8 Å². The molecule has 2 aromatic rings. The zero-order valence-electron chi connectivity index (χ0n) is 15.8. The van der Waals surface area contributed by atoms with Gasteiger partial charge in [0.2, 0.25) is 6.10 Å². The predicted molar refractivity (Wildman–Crippen MR) is 102 cm³/mol. The van der Waals surface area contributed by atoms with Crippen molar-refractivity contribution in [2.75, 3.05) is 20.6 Å². The number of hydrogen-bond donors (Lipinski definition) is 1. The van der Waals surface area contributed by atoms with Crippen molar-refractivity contribution in [3.05, 3.63) is 71.3 Å². The number of hydrogen-bond acceptors (Lipinski definition) is 4. The first-order valence-corrected chi connectivity index (χ1v) is 8.69. The van der Waals surface area contributed by atoms with Crippen LogP contribution in [-0.4, -0.2) is 43.3 Å². The minimum atomic E-state index is -0.999. The van der Waals surface area contributed by atoms with Gasteiger partial charge in [0.25, 0.3) is 11.8 Å². The number of benzene rings is 2. The molecule has 2 amide bonds. The lowest BCUT2D eigenvalue weighted by atomic mass is 10.1. The number of carbonyl (C=O) groups is 3. The monoisotopic (exact) mass is 368 g/mol. The zero-order valence-corrected chi connectivity index (χ0v) is 15.8. The fourth-order valence-electron chi connectivity index (χ4n) is 2.51. The Bertz CT molecular complexity index is 803. The summed E-state index contributed by atoms with van der Waals surface area (Å²) in [6.45, 7) is 1.98. The van der Waals surface area contributed by atoms with E-state index in [1.165, 1.54) is 4.90 Å². The molecule has 0 spiro atoms. The van der Waals surface area contributed by atoms with E-state index >= 15 is 0 Å². The predicted octanol–water partition coefficient (Wildman–Crippen LogP) is 2.49. The maximum Gasteiger partial charge on any atom is 0.308 e. The van der Waals surface area contributed by atoms with Crippen molar-refractivity contribution < 1.29 is 19.1 Å². The second-order valence-electron chi connectivity index (χ2n) is 6.33. The second kappa shape index (κ2) is 9.52. The first-order valence-electron chi connectivity index (χ1n) is 8.69. The van der Waals surface area contributed by atoms with Crippen LogP contribution in [0.25, 0.3) is 0 Å². The van der Waals surface area contributed by atoms with Crippen LogP contribution < -0.4 is 5.32 Å². The van der Waals surface area contributed by atoms with Gasteiger partial charge in [-0.25, -0.2) is 0 Å². The van der Waals surface area contributed by atoms with E-state index in [9.17, 15) is 14.4 Å². The largest absolute Gasteiger partial charge is 0.447 e. The molecule has 0 heterocycles. The van der Waals surface area contributed by atoms with Crippen LogP contribution in [0.15, 0.2) is 54.6 Å². The SMILES string of the molecule is Cc1ccccc1C(=O)NCCC(=O)OC(C(=O)N(C)C)c1ccccc1. The summed E-state index contributed by atoms with van der Waals surface area (Å²) in [7, 11) is 3.21. The first kappa shape index (κ1) is 20.2. The Morgan fingerprint density at radius 2 is 1.63 bits per heavy atom. The van der Waals surface area contributed by atoms with Gasteiger partial charge in [-0.2, -0.15) is 0 Å². The van der Waals surface area contributed by atoms with E-state index in [0.29, 0.717) is 11.1 Å². The van der Waals surface area contributed by atoms with E-state index in [0.717, 1.165) is 5.56 Å². The number of rotatable bonds is 7. The standard InChI is InChI=1S/C21H24N2O4/c1-15-9-7-8-12-17(15)20(25)22-14-13-18(24)27-19(21(26)23(2)3)16-10-5-4-6-11-16/h4-12,19H,13-14H2,1-3H3,(H,22,25). The van der Waals surface area contributed by atoms with Crippen LogP contribution in [0.2, 0.25) is 0 Å². The number of aryl methyl sites for hydroxylation is 1. The molecule has 1 unspecified atom stereocenters. The lowest BCUT2D eigenvalue weighted by molar-refractivity contribution is -0.159. The number of nitrogens with one attached hydrogen (secondary N) is 1. The summed E-state index contributed by atoms with van der Waals surface area (Å²) in [6.07, 6.45) is -1.03. The molecule has 0 aromatic heterocycles. The summed E-state index contributed by atoms with van der Waals surface area (Å²) in [5.74, 6) is -1.12. The lowest BCUT2D eigenvalue weighted by Crippen LogP contribution is -2.32. The van der Waals surface area contributed by atoms with Gasteiger partial charge in [0.1, 0.15) is 0 Å². The van der Waals surface area contributed by atoms with Gasteiger partial charge in [-0.05, 0) is 18.6 Å². The van der Waals surface area contributed by atoms with Crippen LogP contribution in [0.5, 0.6) is 0 Å². The van der Waals surface area contributed by atoms with Crippen molar-refractivity contribution in [3.63, 3.8) is 0 Å². The minimum Gasteiger partial charge on any atom is -0.447 e. The van der Waals surface area contributed by atoms with Crippen molar-refractivity contribution in [1.82, 2.24) is 10.2 Å². The molecule has 0 bridgehead atoms. The Hall–Kier alpha value is -3.15. The third kappa shape index (κ3) is 5.67. The normalized spacial score (nSPS) is 11.4. The van der Waals surface area contributed by atoms with Crippen LogP contribution in [-0.2, 0) is 14.3 Å². The van der Waals surface area contributed by atoms with E-state index in [-0.39, 0.29) is 24.8 Å². The third-order valence-electron chi connectivity index (χ3n) is 4.02. The summed E-state index contributed by atoms with van der Waals surface area (Å²) >= 11 is 0. The first-order chi connectivity index (χ1) is 12.9. The molecule has 27 heavy (non-hydrogen) atoms. The third-order valence-corrected chi connectivity index (χ3v) is 4.02. The van der Waals surface area contributed by atoms with E-state index < -0.39 is 12.1 Å². The molecule has 0 aliphatic carbocycles. The van der Waals surface area contributed by atoms with Gasteiger partial charge < -0.3 is 15.0 Å². The molecular weight excluding hydrogens is 344 g/mol. The summed E-state index contributed by atoms with van der Waals surface area (Å²) < 4.78 is 5.39. The van der Waals surface area contributed by atoms with Gasteiger partial charge >= 0.3 is 5.97 Å². The van der Waals surface area contributed by atoms with E-state index in [1.54, 1.807) is 50.5 Å². The number of amides is 2. The number of likely N-dealkylation sites (N-methyl/N-ethyl adjacent to an activating group) is 1. The lowest BCUT2D eigenvalue weighted by Gasteiger charge is -2.21. The molecule has 0 saturated heterocycles. The molecule has 6 heteroatoms. The Labute approximate surface area is 159 Å². The minimum absolute atomic E-state index is 0.0261. The highest BCUT2D eigenvalue weighted by atomic mass is 16.5. The van der Waals surface area contributed by atoms with Gasteiger partial charge in [-0.1, -0.05) is 48.5 Å². The summed E-state index contributed by atoms with van der Waals surface area (Å²) in [4.78, 5) is 38.1. The Balaban J connectivity index is 1.93. The highest BCUT2D eigenvalue weighted by Crippen LogP contribution is 2.20. The topological polar surface area (TPSA) is 75.7 Å². The fourth-order valence-corrected chi connectivity index (χ4v) is 2.51. The van der Waals surface area contributed by atoms with Crippen molar-refractivity contribution in [3.8, 4) is 0 Å². The maximum atomic E-state index is 12.4. The van der Waals surface area contributed by atoms with Crippen LogP contribution >= 0.6 is 0 Å². The molecule has 1 atom stereocenters. The zero-order chi connectivity index (χ0) is 19.8. The molecule has 0 fully saturated rings. The maximum absolute atomic E-state index is 12.4. The van der Waals surface area contributed by atoms with Crippen LogP contribution in [0.4, 0.5) is 0 Å². The van der Waals surface area contributed by atoms with Crippen LogP contribution in [0.1, 0.15) is 34.0 Å². The molecule has 2 aromatic carbocycles. The number of esters is 1. The highest BCUT2D eigenvalue weighted by Gasteiger charge is 2.26. The average Bonchev–Trinajstić information content (AvgIpc) is 2.66. The number of nitrogens with zero attached hydrogens (tertiary/aromatic N) is 1. The summed E-state index contributed by atoms with van der Waals surface area (Å²) in [5, 5.41) is 2.70. The van der Waals surface area contributed by atoms with E-state index in [2.05, 4.69) is 5.32 Å². The van der Waals surface area contributed by atoms with Crippen LogP contribution in [0, 0.1) is 6.92 Å². The second-order valence-corrected chi connectivity index (χ2v) is 6.33. The molecule has 0 aliphatic heterocycles. The smallest absolute Gasteiger partial charge is 0.308 e. The van der Waals surface area contributed by atoms with Crippen LogP contribution in [0.3, 0.4) is 0 Å². The summed E-state index contributed by atoms with van der Waals surface area (Å²) in [5.41, 5.74) is 2.03. The van der Waals surface area contributed by atoms with Gasteiger partial charge in [-0.3, -0.25) is 14.4 Å². The highest BCUT2D eigenvalue weighted by molar-refractivity contribution is 5.95. The summed E-state index contributed by atoms with van der Waals surface area (Å²) in [6, 6.07) is 16.1. The van der Waals surface area contributed by atoms with Gasteiger partial charge in [0.15, 0.2) is 0 Å². The Morgan fingerprint density at radius 3 is 2.26 bits per heavy atom. The molecule has 0 radical (unpaired) electrons. The quantitative estimate of drug-likeness (QED) is 0.762. The van der Waals surface area contributed by atoms with Gasteiger partial charge in [-0.15, -0.1) is 0 Å². The molecule has 0 aliphatic rings. The Kier molecular flexibility index (Phi) is 7.11. The van der Waals surface area contributed by atoms with Crippen molar-refractivity contribution in [1.29, 1.82) is 0 Å². The van der Waals surface area contributed by atoms with Crippen molar-refractivity contribution in [2.24, 2.45) is 0 Å². The van der Waals surface area contributed by atoms with E-state index in [4.69, 9.17) is 4.74 Å². The van der Waals surface area contributed by atoms with E-state index in [1.807, 2.05) is 25.1 Å². The molecular formula is C21H24N2O4. The number of carbonyl (C=O) groups excluding carboxylic acids is 3. The molecule has 6 nitrogen and oxygen atoms in total. The molecule has 2 rings (SSSR count). The fraction of sp³-hybridized carbons (Fsp3) is 0.286. The van der Waals surface area contributed by atoms with Gasteiger partial charge in [0.05, 0.1) is 6.42 Å². The van der Waals surface area contributed by atoms with Crippen molar-refractivity contribution in [2.45, 2.75) is 19.4 Å².